The summed E-state index contributed by atoms with van der Waals surface area (Å²) in [6, 6.07) is 9.18. The largest absolute Gasteiger partial charge is 0.469 e. The molecule has 0 N–H and O–H groups in total. The van der Waals surface area contributed by atoms with Gasteiger partial charge in [-0.2, -0.15) is 10.5 Å². The van der Waals surface area contributed by atoms with Crippen LogP contribution >= 0.6 is 0 Å². The number of benzene rings is 1. The summed E-state index contributed by atoms with van der Waals surface area (Å²) in [5.41, 5.74) is -1.01. The van der Waals surface area contributed by atoms with E-state index >= 15 is 0 Å². The lowest BCUT2D eigenvalue weighted by molar-refractivity contribution is -0.384. The highest BCUT2D eigenvalue weighted by molar-refractivity contribution is 5.82. The molecule has 0 amide bonds. The summed E-state index contributed by atoms with van der Waals surface area (Å²) in [4.78, 5) is 21.7. The molecule has 1 fully saturated rings. The van der Waals surface area contributed by atoms with Crippen molar-refractivity contribution in [2.45, 2.75) is 5.92 Å². The molecule has 0 radical (unpaired) electrons. The van der Waals surface area contributed by atoms with Gasteiger partial charge in [0.05, 0.1) is 30.1 Å². The number of ether oxygens (including phenoxy) is 1. The number of nitro groups is 1. The van der Waals surface area contributed by atoms with Crippen LogP contribution in [0.15, 0.2) is 24.3 Å². The van der Waals surface area contributed by atoms with E-state index in [2.05, 4.69) is 4.74 Å². The molecule has 0 unspecified atom stereocenters. The van der Waals surface area contributed by atoms with Gasteiger partial charge in [-0.1, -0.05) is 12.1 Å². The number of non-ortho nitro benzene ring substituents is 1. The van der Waals surface area contributed by atoms with Gasteiger partial charge in [-0.05, 0) is 5.56 Å². The molecule has 0 aliphatic heterocycles. The van der Waals surface area contributed by atoms with E-state index in [-0.39, 0.29) is 5.69 Å². The minimum atomic E-state index is -1.46. The van der Waals surface area contributed by atoms with Gasteiger partial charge in [0.25, 0.3) is 5.69 Å². The van der Waals surface area contributed by atoms with Crippen molar-refractivity contribution in [1.29, 1.82) is 10.5 Å². The minimum Gasteiger partial charge on any atom is -0.469 e. The van der Waals surface area contributed by atoms with Gasteiger partial charge in [0.2, 0.25) is 0 Å². The molecule has 100 valence electrons. The molecule has 7 heteroatoms. The van der Waals surface area contributed by atoms with E-state index in [4.69, 9.17) is 10.5 Å². The van der Waals surface area contributed by atoms with Crippen molar-refractivity contribution in [2.24, 2.45) is 11.3 Å². The maximum Gasteiger partial charge on any atom is 0.312 e. The first-order chi connectivity index (χ1) is 9.51. The number of carbonyl (C=O) groups is 1. The Morgan fingerprint density at radius 1 is 1.35 bits per heavy atom. The number of rotatable bonds is 3. The number of hydrogen-bond donors (Lipinski definition) is 0. The summed E-state index contributed by atoms with van der Waals surface area (Å²) in [7, 11) is 1.19. The summed E-state index contributed by atoms with van der Waals surface area (Å²) in [5.74, 6) is -2.11. The van der Waals surface area contributed by atoms with Crippen LogP contribution < -0.4 is 0 Å². The van der Waals surface area contributed by atoms with Crippen molar-refractivity contribution in [3.63, 3.8) is 0 Å². The van der Waals surface area contributed by atoms with Crippen molar-refractivity contribution in [2.75, 3.05) is 7.11 Å². The van der Waals surface area contributed by atoms with Gasteiger partial charge in [-0.3, -0.25) is 14.9 Å². The zero-order valence-corrected chi connectivity index (χ0v) is 10.4. The van der Waals surface area contributed by atoms with E-state index in [1.54, 1.807) is 0 Å². The summed E-state index contributed by atoms with van der Waals surface area (Å²) < 4.78 is 4.60. The maximum absolute atomic E-state index is 11.6. The molecule has 7 nitrogen and oxygen atoms in total. The summed E-state index contributed by atoms with van der Waals surface area (Å²) in [6.07, 6.45) is 0. The Morgan fingerprint density at radius 2 is 1.90 bits per heavy atom. The molecular weight excluding hydrogens is 262 g/mol. The van der Waals surface area contributed by atoms with E-state index in [1.165, 1.54) is 31.4 Å². The van der Waals surface area contributed by atoms with Crippen LogP contribution in [0.2, 0.25) is 0 Å². The quantitative estimate of drug-likeness (QED) is 0.467. The molecular formula is C13H9N3O4. The first kappa shape index (κ1) is 13.5. The van der Waals surface area contributed by atoms with Crippen LogP contribution in [-0.4, -0.2) is 18.0 Å². The third-order valence-corrected chi connectivity index (χ3v) is 3.49. The second-order valence-corrected chi connectivity index (χ2v) is 4.42. The highest BCUT2D eigenvalue weighted by Gasteiger charge is 2.71. The molecule has 2 atom stereocenters. The maximum atomic E-state index is 11.6. The summed E-state index contributed by atoms with van der Waals surface area (Å²) >= 11 is 0. The van der Waals surface area contributed by atoms with Crippen molar-refractivity contribution in [3.8, 4) is 12.1 Å². The standard InChI is InChI=1S/C13H9N3O4/c1-20-12(17)11-10(13(11,6-14)7-15)8-2-4-9(5-3-8)16(18)19/h2-5,10-11H,1H3/t10-,11-/m0/s1. The number of nitrogens with zero attached hydrogens (tertiary/aromatic N) is 3. The van der Waals surface area contributed by atoms with Crippen molar-refractivity contribution in [1.82, 2.24) is 0 Å². The Hall–Kier alpha value is -2.93. The molecule has 0 saturated heterocycles. The van der Waals surface area contributed by atoms with Gasteiger partial charge in [-0.15, -0.1) is 0 Å². The highest BCUT2D eigenvalue weighted by Crippen LogP contribution is 2.64. The number of nitro benzene ring substituents is 1. The molecule has 0 aromatic heterocycles. The summed E-state index contributed by atoms with van der Waals surface area (Å²) in [5, 5.41) is 28.9. The van der Waals surface area contributed by atoms with E-state index in [0.29, 0.717) is 5.56 Å². The average molecular weight is 271 g/mol. The Balaban J connectivity index is 2.37. The van der Waals surface area contributed by atoms with Crippen LogP contribution in [0, 0.1) is 44.1 Å². The van der Waals surface area contributed by atoms with E-state index < -0.39 is 28.1 Å². The fourth-order valence-electron chi connectivity index (χ4n) is 2.40. The zero-order chi connectivity index (χ0) is 14.9. The molecule has 1 aromatic carbocycles. The zero-order valence-electron chi connectivity index (χ0n) is 10.4. The Kier molecular flexibility index (Phi) is 3.13. The number of esters is 1. The Labute approximate surface area is 114 Å². The predicted molar refractivity (Wildman–Crippen MR) is 65.0 cm³/mol. The fraction of sp³-hybridized carbons (Fsp3) is 0.308. The predicted octanol–water partition coefficient (Wildman–Crippen LogP) is 1.51. The third kappa shape index (κ3) is 1.77. The van der Waals surface area contributed by atoms with E-state index in [0.717, 1.165) is 0 Å². The molecule has 20 heavy (non-hydrogen) atoms. The van der Waals surface area contributed by atoms with Gasteiger partial charge >= 0.3 is 5.97 Å². The molecule has 2 rings (SSSR count). The SMILES string of the molecule is COC(=O)[C@@H]1[C@H](c2ccc([N+](=O)[O-])cc2)C1(C#N)C#N. The van der Waals surface area contributed by atoms with Crippen molar-refractivity contribution in [3.05, 3.63) is 39.9 Å². The van der Waals surface area contributed by atoms with Crippen LogP contribution in [0.5, 0.6) is 0 Å². The molecule has 1 saturated carbocycles. The van der Waals surface area contributed by atoms with Gasteiger partial charge < -0.3 is 4.74 Å². The first-order valence-electron chi connectivity index (χ1n) is 5.66. The molecule has 0 heterocycles. The fourth-order valence-corrected chi connectivity index (χ4v) is 2.40. The smallest absolute Gasteiger partial charge is 0.312 e. The number of methoxy groups -OCH3 is 1. The third-order valence-electron chi connectivity index (χ3n) is 3.49. The van der Waals surface area contributed by atoms with Crippen LogP contribution in [0.1, 0.15) is 11.5 Å². The highest BCUT2D eigenvalue weighted by atomic mass is 16.6. The van der Waals surface area contributed by atoms with Crippen molar-refractivity contribution >= 4 is 11.7 Å². The number of hydrogen-bond acceptors (Lipinski definition) is 6. The van der Waals surface area contributed by atoms with Crippen LogP contribution in [0.4, 0.5) is 5.69 Å². The van der Waals surface area contributed by atoms with Crippen LogP contribution in [-0.2, 0) is 9.53 Å². The normalized spacial score (nSPS) is 22.1. The lowest BCUT2D eigenvalue weighted by Gasteiger charge is -1.99. The topological polar surface area (TPSA) is 117 Å². The number of nitriles is 2. The summed E-state index contributed by atoms with van der Waals surface area (Å²) in [6.45, 7) is 0. The lowest BCUT2D eigenvalue weighted by atomic mass is 10.0. The molecule has 1 aliphatic rings. The van der Waals surface area contributed by atoms with E-state index in [1.807, 2.05) is 12.1 Å². The monoisotopic (exact) mass is 271 g/mol. The van der Waals surface area contributed by atoms with Crippen LogP contribution in [0.25, 0.3) is 0 Å². The second kappa shape index (κ2) is 4.63. The molecule has 1 aromatic rings. The average Bonchev–Trinajstić information content (AvgIpc) is 3.16. The minimum absolute atomic E-state index is 0.0940. The first-order valence-corrected chi connectivity index (χ1v) is 5.66. The van der Waals surface area contributed by atoms with Crippen LogP contribution in [0.3, 0.4) is 0 Å². The van der Waals surface area contributed by atoms with Gasteiger partial charge in [0.15, 0.2) is 5.41 Å². The molecule has 1 aliphatic carbocycles. The van der Waals surface area contributed by atoms with E-state index in [9.17, 15) is 14.9 Å². The van der Waals surface area contributed by atoms with Gasteiger partial charge in [0.1, 0.15) is 0 Å². The lowest BCUT2D eigenvalue weighted by Crippen LogP contribution is -2.09. The van der Waals surface area contributed by atoms with Gasteiger partial charge in [0, 0.05) is 18.1 Å². The van der Waals surface area contributed by atoms with Gasteiger partial charge in [-0.25, -0.2) is 0 Å². The molecule has 0 spiro atoms. The molecule has 0 bridgehead atoms. The second-order valence-electron chi connectivity index (χ2n) is 4.42. The van der Waals surface area contributed by atoms with Crippen molar-refractivity contribution < 1.29 is 14.5 Å². The number of carbonyl (C=O) groups excluding carboxylic acids is 1. The Bertz CT molecular complexity index is 640. The Morgan fingerprint density at radius 3 is 2.30 bits per heavy atom.